The SMILES string of the molecule is CC(C)C1(C)NC(=O)N(Cc2coc(-c3ccc(F)cc3)n2)C1=O. The number of halogens is 1. The topological polar surface area (TPSA) is 75.4 Å². The van der Waals surface area contributed by atoms with Gasteiger partial charge in [-0.15, -0.1) is 0 Å². The van der Waals surface area contributed by atoms with Crippen LogP contribution in [0.4, 0.5) is 9.18 Å². The van der Waals surface area contributed by atoms with Crippen LogP contribution >= 0.6 is 0 Å². The lowest BCUT2D eigenvalue weighted by atomic mass is 9.88. The Morgan fingerprint density at radius 3 is 2.54 bits per heavy atom. The zero-order valence-electron chi connectivity index (χ0n) is 13.7. The second-order valence-corrected chi connectivity index (χ2v) is 6.33. The van der Waals surface area contributed by atoms with Crippen molar-refractivity contribution in [2.75, 3.05) is 0 Å². The molecule has 7 heteroatoms. The number of carbonyl (C=O) groups excluding carboxylic acids is 2. The molecule has 0 saturated carbocycles. The summed E-state index contributed by atoms with van der Waals surface area (Å²) in [5.74, 6) is -0.360. The first-order valence-electron chi connectivity index (χ1n) is 7.65. The highest BCUT2D eigenvalue weighted by molar-refractivity contribution is 6.06. The molecule has 1 unspecified atom stereocenters. The fourth-order valence-corrected chi connectivity index (χ4v) is 2.52. The van der Waals surface area contributed by atoms with E-state index in [-0.39, 0.29) is 24.2 Å². The van der Waals surface area contributed by atoms with E-state index in [0.29, 0.717) is 17.1 Å². The molecule has 1 atom stereocenters. The highest BCUT2D eigenvalue weighted by Gasteiger charge is 2.49. The van der Waals surface area contributed by atoms with E-state index >= 15 is 0 Å². The van der Waals surface area contributed by atoms with Crippen molar-refractivity contribution in [3.05, 3.63) is 42.0 Å². The lowest BCUT2D eigenvalue weighted by Crippen LogP contribution is -2.48. The van der Waals surface area contributed by atoms with Gasteiger partial charge in [-0.1, -0.05) is 13.8 Å². The summed E-state index contributed by atoms with van der Waals surface area (Å²) in [4.78, 5) is 30.1. The second kappa shape index (κ2) is 5.74. The van der Waals surface area contributed by atoms with Crippen LogP contribution < -0.4 is 5.32 Å². The summed E-state index contributed by atoms with van der Waals surface area (Å²) in [6.07, 6.45) is 1.39. The van der Waals surface area contributed by atoms with Gasteiger partial charge in [-0.3, -0.25) is 9.69 Å². The lowest BCUT2D eigenvalue weighted by molar-refractivity contribution is -0.132. The number of aromatic nitrogens is 1. The number of urea groups is 1. The number of nitrogens with zero attached hydrogens (tertiary/aromatic N) is 2. The van der Waals surface area contributed by atoms with E-state index in [2.05, 4.69) is 10.3 Å². The minimum Gasteiger partial charge on any atom is -0.444 e. The molecule has 1 aromatic carbocycles. The van der Waals surface area contributed by atoms with Crippen LogP contribution in [-0.2, 0) is 11.3 Å². The van der Waals surface area contributed by atoms with Crippen LogP contribution in [0, 0.1) is 11.7 Å². The number of carbonyl (C=O) groups is 2. The summed E-state index contributed by atoms with van der Waals surface area (Å²) in [6.45, 7) is 5.50. The molecule has 0 spiro atoms. The van der Waals surface area contributed by atoms with Crippen molar-refractivity contribution >= 4 is 11.9 Å². The van der Waals surface area contributed by atoms with Gasteiger partial charge in [0.05, 0.1) is 12.2 Å². The zero-order valence-corrected chi connectivity index (χ0v) is 13.7. The third kappa shape index (κ3) is 2.66. The largest absolute Gasteiger partial charge is 0.444 e. The molecule has 1 aliphatic heterocycles. The van der Waals surface area contributed by atoms with Crippen molar-refractivity contribution in [3.8, 4) is 11.5 Å². The van der Waals surface area contributed by atoms with Crippen LogP contribution in [0.5, 0.6) is 0 Å². The van der Waals surface area contributed by atoms with Crippen LogP contribution in [-0.4, -0.2) is 27.4 Å². The Labute approximate surface area is 138 Å². The maximum Gasteiger partial charge on any atom is 0.325 e. The smallest absolute Gasteiger partial charge is 0.325 e. The number of hydrogen-bond donors (Lipinski definition) is 1. The normalized spacial score (nSPS) is 20.8. The Bertz CT molecular complexity index is 785. The van der Waals surface area contributed by atoms with Gasteiger partial charge in [0.15, 0.2) is 0 Å². The maximum absolute atomic E-state index is 13.0. The van der Waals surface area contributed by atoms with Crippen molar-refractivity contribution in [2.45, 2.75) is 32.9 Å². The minimum absolute atomic E-state index is 0.0255. The van der Waals surface area contributed by atoms with Crippen LogP contribution in [0.2, 0.25) is 0 Å². The van der Waals surface area contributed by atoms with Crippen LogP contribution in [0.3, 0.4) is 0 Å². The molecule has 2 aromatic rings. The predicted octanol–water partition coefficient (Wildman–Crippen LogP) is 2.95. The summed E-state index contributed by atoms with van der Waals surface area (Å²) in [7, 11) is 0. The molecule has 0 aliphatic carbocycles. The van der Waals surface area contributed by atoms with Crippen molar-refractivity contribution < 1.29 is 18.4 Å². The summed E-state index contributed by atoms with van der Waals surface area (Å²) >= 11 is 0. The van der Waals surface area contributed by atoms with Gasteiger partial charge in [0.25, 0.3) is 5.91 Å². The van der Waals surface area contributed by atoms with E-state index in [1.807, 2.05) is 13.8 Å². The van der Waals surface area contributed by atoms with Crippen molar-refractivity contribution in [3.63, 3.8) is 0 Å². The van der Waals surface area contributed by atoms with E-state index in [4.69, 9.17) is 4.42 Å². The number of imide groups is 1. The van der Waals surface area contributed by atoms with Crippen LogP contribution in [0.25, 0.3) is 11.5 Å². The standard InChI is InChI=1S/C17H18FN3O3/c1-10(2)17(3)15(22)21(16(23)20-17)8-13-9-24-14(19-13)11-4-6-12(18)7-5-11/h4-7,9-10H,8H2,1-3H3,(H,20,23). The van der Waals surface area contributed by atoms with Gasteiger partial charge in [0.1, 0.15) is 17.6 Å². The third-order valence-electron chi connectivity index (χ3n) is 4.42. The molecular formula is C17H18FN3O3. The number of amides is 3. The number of hydrogen-bond acceptors (Lipinski definition) is 4. The fraction of sp³-hybridized carbons (Fsp3) is 0.353. The highest BCUT2D eigenvalue weighted by atomic mass is 19.1. The first kappa shape index (κ1) is 16.2. The van der Waals surface area contributed by atoms with E-state index in [1.165, 1.54) is 18.4 Å². The third-order valence-corrected chi connectivity index (χ3v) is 4.42. The van der Waals surface area contributed by atoms with Gasteiger partial charge in [0, 0.05) is 5.56 Å². The van der Waals surface area contributed by atoms with Gasteiger partial charge in [-0.25, -0.2) is 14.2 Å². The Kier molecular flexibility index (Phi) is 3.87. The number of nitrogens with one attached hydrogen (secondary N) is 1. The van der Waals surface area contributed by atoms with E-state index in [0.717, 1.165) is 4.90 Å². The van der Waals surface area contributed by atoms with Crippen LogP contribution in [0.1, 0.15) is 26.5 Å². The van der Waals surface area contributed by atoms with Gasteiger partial charge in [-0.05, 0) is 37.1 Å². The Hall–Kier alpha value is -2.70. The maximum atomic E-state index is 13.0. The molecule has 3 amide bonds. The monoisotopic (exact) mass is 331 g/mol. The molecule has 1 aliphatic rings. The van der Waals surface area contributed by atoms with Gasteiger partial charge in [0.2, 0.25) is 5.89 Å². The summed E-state index contributed by atoms with van der Waals surface area (Å²) in [5.41, 5.74) is 0.151. The quantitative estimate of drug-likeness (QED) is 0.874. The number of benzene rings is 1. The molecule has 1 saturated heterocycles. The van der Waals surface area contributed by atoms with Crippen molar-refractivity contribution in [1.29, 1.82) is 0 Å². The summed E-state index contributed by atoms with van der Waals surface area (Å²) in [5, 5.41) is 2.73. The lowest BCUT2D eigenvalue weighted by Gasteiger charge is -2.25. The fourth-order valence-electron chi connectivity index (χ4n) is 2.52. The molecule has 1 aromatic heterocycles. The molecule has 126 valence electrons. The summed E-state index contributed by atoms with van der Waals surface area (Å²) in [6, 6.07) is 5.28. The van der Waals surface area contributed by atoms with Gasteiger partial charge < -0.3 is 9.73 Å². The average Bonchev–Trinajstić information content (AvgIpc) is 3.08. The molecule has 1 fully saturated rings. The van der Waals surface area contributed by atoms with Gasteiger partial charge in [-0.2, -0.15) is 0 Å². The highest BCUT2D eigenvalue weighted by Crippen LogP contribution is 2.27. The molecule has 0 radical (unpaired) electrons. The number of oxazole rings is 1. The average molecular weight is 331 g/mol. The first-order valence-corrected chi connectivity index (χ1v) is 7.65. The molecule has 6 nitrogen and oxygen atoms in total. The predicted molar refractivity (Wildman–Crippen MR) is 84.2 cm³/mol. The van der Waals surface area contributed by atoms with Crippen molar-refractivity contribution in [2.24, 2.45) is 5.92 Å². The minimum atomic E-state index is -0.916. The molecule has 3 rings (SSSR count). The molecule has 24 heavy (non-hydrogen) atoms. The van der Waals surface area contributed by atoms with E-state index < -0.39 is 11.6 Å². The first-order chi connectivity index (χ1) is 11.3. The molecule has 1 N–H and O–H groups in total. The zero-order chi connectivity index (χ0) is 17.5. The number of rotatable bonds is 4. The Morgan fingerprint density at radius 2 is 1.96 bits per heavy atom. The van der Waals surface area contributed by atoms with Crippen molar-refractivity contribution in [1.82, 2.24) is 15.2 Å². The molecule has 0 bridgehead atoms. The molecule has 2 heterocycles. The Balaban J connectivity index is 1.79. The molecular weight excluding hydrogens is 313 g/mol. The Morgan fingerprint density at radius 1 is 1.29 bits per heavy atom. The van der Waals surface area contributed by atoms with E-state index in [9.17, 15) is 14.0 Å². The second-order valence-electron chi connectivity index (χ2n) is 6.33. The summed E-state index contributed by atoms with van der Waals surface area (Å²) < 4.78 is 18.3. The van der Waals surface area contributed by atoms with Gasteiger partial charge >= 0.3 is 6.03 Å². The van der Waals surface area contributed by atoms with E-state index in [1.54, 1.807) is 19.1 Å². The van der Waals surface area contributed by atoms with Crippen LogP contribution in [0.15, 0.2) is 34.9 Å².